The third-order valence-electron chi connectivity index (χ3n) is 3.95. The number of fused-ring (bicyclic) bond motifs is 1. The van der Waals surface area contributed by atoms with E-state index < -0.39 is 12.1 Å². The van der Waals surface area contributed by atoms with E-state index in [1.165, 1.54) is 0 Å². The number of amides is 1. The first-order valence-corrected chi connectivity index (χ1v) is 8.53. The number of ether oxygens (including phenoxy) is 1. The van der Waals surface area contributed by atoms with E-state index in [1.807, 2.05) is 37.3 Å². The average Bonchev–Trinajstić information content (AvgIpc) is 3.09. The van der Waals surface area contributed by atoms with Crippen molar-refractivity contribution in [2.24, 2.45) is 0 Å². The van der Waals surface area contributed by atoms with Gasteiger partial charge in [0, 0.05) is 12.1 Å². The van der Waals surface area contributed by atoms with Crippen LogP contribution in [0.25, 0.3) is 22.2 Å². The van der Waals surface area contributed by atoms with Gasteiger partial charge < -0.3 is 14.6 Å². The largest absolute Gasteiger partial charge is 0.449 e. The molecular weight excluding hydrogens is 332 g/mol. The monoisotopic (exact) mass is 352 g/mol. The minimum Gasteiger partial charge on any atom is -0.449 e. The second-order valence-electron chi connectivity index (χ2n) is 5.95. The molecule has 0 fully saturated rings. The summed E-state index contributed by atoms with van der Waals surface area (Å²) in [7, 11) is 0. The van der Waals surface area contributed by atoms with Crippen LogP contribution in [0, 0.1) is 0 Å². The van der Waals surface area contributed by atoms with Crippen molar-refractivity contribution in [1.29, 1.82) is 0 Å². The number of nitrogens with one attached hydrogen (secondary N) is 1. The molecule has 0 radical (unpaired) electrons. The molecule has 1 atom stereocenters. The Morgan fingerprint density at radius 3 is 2.69 bits per heavy atom. The van der Waals surface area contributed by atoms with Crippen LogP contribution in [0.1, 0.15) is 30.6 Å². The highest BCUT2D eigenvalue weighted by atomic mass is 16.5. The third-order valence-corrected chi connectivity index (χ3v) is 3.95. The molecule has 3 rings (SSSR count). The van der Waals surface area contributed by atoms with Crippen LogP contribution < -0.4 is 5.32 Å². The van der Waals surface area contributed by atoms with Crippen molar-refractivity contribution in [3.05, 3.63) is 54.1 Å². The lowest BCUT2D eigenvalue weighted by atomic mass is 10.1. The van der Waals surface area contributed by atoms with Gasteiger partial charge in [0.1, 0.15) is 5.52 Å². The first kappa shape index (κ1) is 17.7. The molecule has 26 heavy (non-hydrogen) atoms. The van der Waals surface area contributed by atoms with Gasteiger partial charge in [0.2, 0.25) is 0 Å². The fourth-order valence-corrected chi connectivity index (χ4v) is 2.54. The van der Waals surface area contributed by atoms with E-state index in [0.717, 1.165) is 12.0 Å². The number of nitrogens with zero attached hydrogens (tertiary/aromatic N) is 1. The zero-order valence-electron chi connectivity index (χ0n) is 14.7. The maximum absolute atomic E-state index is 12.4. The molecule has 0 saturated carbocycles. The molecule has 3 aromatic rings. The molecule has 0 bridgehead atoms. The van der Waals surface area contributed by atoms with Crippen LogP contribution in [-0.2, 0) is 9.53 Å². The molecule has 0 spiro atoms. The maximum atomic E-state index is 12.4. The number of carbonyl (C=O) groups excluding carboxylic acids is 2. The van der Waals surface area contributed by atoms with E-state index in [1.54, 1.807) is 25.1 Å². The molecule has 1 heterocycles. The molecule has 0 saturated heterocycles. The van der Waals surface area contributed by atoms with Gasteiger partial charge in [-0.05, 0) is 31.5 Å². The van der Waals surface area contributed by atoms with Gasteiger partial charge in [-0.15, -0.1) is 0 Å². The minimum absolute atomic E-state index is 0.309. The third kappa shape index (κ3) is 3.74. The van der Waals surface area contributed by atoms with Gasteiger partial charge in [-0.3, -0.25) is 4.79 Å². The predicted molar refractivity (Wildman–Crippen MR) is 97.6 cm³/mol. The Morgan fingerprint density at radius 2 is 1.96 bits per heavy atom. The summed E-state index contributed by atoms with van der Waals surface area (Å²) in [6.45, 7) is 4.06. The average molecular weight is 352 g/mol. The molecule has 134 valence electrons. The molecule has 1 amide bonds. The molecule has 1 aromatic heterocycles. The molecule has 1 N–H and O–H groups in total. The first-order valence-electron chi connectivity index (χ1n) is 8.53. The molecule has 1 unspecified atom stereocenters. The van der Waals surface area contributed by atoms with E-state index in [4.69, 9.17) is 9.26 Å². The lowest BCUT2D eigenvalue weighted by Gasteiger charge is -2.13. The van der Waals surface area contributed by atoms with Crippen molar-refractivity contribution >= 4 is 22.8 Å². The molecule has 6 nitrogen and oxygen atoms in total. The number of esters is 1. The molecule has 0 aliphatic rings. The van der Waals surface area contributed by atoms with Crippen molar-refractivity contribution in [2.45, 2.75) is 26.4 Å². The fraction of sp³-hybridized carbons (Fsp3) is 0.250. The Labute approximate surface area is 151 Å². The number of benzene rings is 2. The topological polar surface area (TPSA) is 81.4 Å². The first-order chi connectivity index (χ1) is 12.6. The zero-order valence-corrected chi connectivity index (χ0v) is 14.7. The Bertz CT molecular complexity index is 918. The summed E-state index contributed by atoms with van der Waals surface area (Å²) in [4.78, 5) is 24.3. The van der Waals surface area contributed by atoms with Crippen LogP contribution in [0.2, 0.25) is 0 Å². The smallest absolute Gasteiger partial charge is 0.338 e. The fourth-order valence-electron chi connectivity index (χ4n) is 2.54. The van der Waals surface area contributed by atoms with Gasteiger partial charge in [-0.25, -0.2) is 4.79 Å². The Balaban J connectivity index is 1.82. The van der Waals surface area contributed by atoms with Crippen molar-refractivity contribution in [3.63, 3.8) is 0 Å². The second kappa shape index (κ2) is 7.82. The van der Waals surface area contributed by atoms with Gasteiger partial charge in [0.05, 0.1) is 10.9 Å². The summed E-state index contributed by atoms with van der Waals surface area (Å²) < 4.78 is 10.7. The van der Waals surface area contributed by atoms with Crippen molar-refractivity contribution in [1.82, 2.24) is 10.5 Å². The van der Waals surface area contributed by atoms with E-state index in [2.05, 4.69) is 10.5 Å². The summed E-state index contributed by atoms with van der Waals surface area (Å²) >= 11 is 0. The summed E-state index contributed by atoms with van der Waals surface area (Å²) in [6.07, 6.45) is -0.0421. The van der Waals surface area contributed by atoms with E-state index in [-0.39, 0.29) is 5.91 Å². The van der Waals surface area contributed by atoms with Crippen LogP contribution >= 0.6 is 0 Å². The highest BCUT2D eigenvalue weighted by molar-refractivity contribution is 5.99. The van der Waals surface area contributed by atoms with E-state index in [9.17, 15) is 9.59 Å². The van der Waals surface area contributed by atoms with Crippen molar-refractivity contribution in [3.8, 4) is 11.3 Å². The highest BCUT2D eigenvalue weighted by Crippen LogP contribution is 2.29. The van der Waals surface area contributed by atoms with Crippen molar-refractivity contribution < 1.29 is 18.8 Å². The summed E-state index contributed by atoms with van der Waals surface area (Å²) in [5.41, 5.74) is 1.86. The maximum Gasteiger partial charge on any atom is 0.338 e. The summed E-state index contributed by atoms with van der Waals surface area (Å²) in [5.74, 6) is -0.286. The molecule has 2 aromatic carbocycles. The Morgan fingerprint density at radius 1 is 1.19 bits per heavy atom. The number of hydrogen-bond donors (Lipinski definition) is 1. The number of aromatic nitrogens is 1. The SMILES string of the molecule is CCCNC(=O)C(C)OC(=O)c1ccc2noc(-c3ccccc3)c2c1. The molecule has 0 aliphatic carbocycles. The minimum atomic E-state index is -0.860. The van der Waals surface area contributed by atoms with Gasteiger partial charge in [-0.1, -0.05) is 42.4 Å². The lowest BCUT2D eigenvalue weighted by molar-refractivity contribution is -0.129. The van der Waals surface area contributed by atoms with Crippen LogP contribution in [0.15, 0.2) is 53.1 Å². The number of carbonyl (C=O) groups is 2. The van der Waals surface area contributed by atoms with Gasteiger partial charge in [0.15, 0.2) is 11.9 Å². The summed E-state index contributed by atoms with van der Waals surface area (Å²) in [5, 5.41) is 7.45. The summed E-state index contributed by atoms with van der Waals surface area (Å²) in [6, 6.07) is 14.5. The Kier molecular flexibility index (Phi) is 5.31. The number of rotatable bonds is 6. The number of hydrogen-bond acceptors (Lipinski definition) is 5. The van der Waals surface area contributed by atoms with Crippen LogP contribution in [0.3, 0.4) is 0 Å². The van der Waals surface area contributed by atoms with Gasteiger partial charge in [0.25, 0.3) is 5.91 Å². The van der Waals surface area contributed by atoms with Crippen LogP contribution in [0.5, 0.6) is 0 Å². The Hall–Kier alpha value is -3.15. The highest BCUT2D eigenvalue weighted by Gasteiger charge is 2.20. The normalized spacial score (nSPS) is 11.9. The van der Waals surface area contributed by atoms with Gasteiger partial charge >= 0.3 is 5.97 Å². The molecular formula is C20H20N2O4. The standard InChI is InChI=1S/C20H20N2O4/c1-3-11-21-19(23)13(2)25-20(24)15-9-10-17-16(12-15)18(26-22-17)14-7-5-4-6-8-14/h4-10,12-13H,3,11H2,1-2H3,(H,21,23). The van der Waals surface area contributed by atoms with Crippen LogP contribution in [0.4, 0.5) is 0 Å². The van der Waals surface area contributed by atoms with Crippen LogP contribution in [-0.4, -0.2) is 29.7 Å². The predicted octanol–water partition coefficient (Wildman–Crippen LogP) is 3.57. The molecule has 6 heteroatoms. The molecule has 0 aliphatic heterocycles. The second-order valence-corrected chi connectivity index (χ2v) is 5.95. The van der Waals surface area contributed by atoms with E-state index in [0.29, 0.717) is 28.8 Å². The quantitative estimate of drug-likeness (QED) is 0.686. The van der Waals surface area contributed by atoms with E-state index >= 15 is 0 Å². The van der Waals surface area contributed by atoms with Gasteiger partial charge in [-0.2, -0.15) is 0 Å². The lowest BCUT2D eigenvalue weighted by Crippen LogP contribution is -2.36. The zero-order chi connectivity index (χ0) is 18.5. The van der Waals surface area contributed by atoms with Crippen molar-refractivity contribution in [2.75, 3.05) is 6.54 Å².